The molecule has 0 atom stereocenters. The molecule has 2 rings (SSSR count). The van der Waals surface area contributed by atoms with Gasteiger partial charge in [0.25, 0.3) is 0 Å². The van der Waals surface area contributed by atoms with Gasteiger partial charge in [0.05, 0.1) is 19.1 Å². The number of aliphatic carboxylic acids is 1. The van der Waals surface area contributed by atoms with Crippen LogP contribution in [0.4, 0.5) is 4.79 Å². The Balaban J connectivity index is 1.82. The van der Waals surface area contributed by atoms with Crippen LogP contribution in [-0.2, 0) is 11.3 Å². The molecule has 114 valence electrons. The molecule has 3 N–H and O–H groups in total. The van der Waals surface area contributed by atoms with Crippen molar-refractivity contribution in [2.75, 3.05) is 7.11 Å². The normalized spacial score (nSPS) is 15.7. The van der Waals surface area contributed by atoms with E-state index in [1.165, 1.54) is 0 Å². The molecule has 1 aromatic rings. The average Bonchev–Trinajstić information content (AvgIpc) is 2.43. The first-order valence-electron chi connectivity index (χ1n) is 6.94. The lowest BCUT2D eigenvalue weighted by molar-refractivity contribution is -0.139. The van der Waals surface area contributed by atoms with Crippen molar-refractivity contribution in [2.24, 2.45) is 0 Å². The predicted octanol–water partition coefficient (Wildman–Crippen LogP) is 1.89. The third-order valence-corrected chi connectivity index (χ3v) is 3.79. The zero-order valence-corrected chi connectivity index (χ0v) is 12.0. The van der Waals surface area contributed by atoms with E-state index >= 15 is 0 Å². The fourth-order valence-corrected chi connectivity index (χ4v) is 2.45. The Bertz CT molecular complexity index is 509. The highest BCUT2D eigenvalue weighted by atomic mass is 16.5. The number of carbonyl (C=O) groups is 2. The van der Waals surface area contributed by atoms with Gasteiger partial charge in [-0.1, -0.05) is 12.1 Å². The van der Waals surface area contributed by atoms with Crippen LogP contribution in [0.3, 0.4) is 0 Å². The van der Waals surface area contributed by atoms with Crippen molar-refractivity contribution in [3.05, 3.63) is 29.8 Å². The van der Waals surface area contributed by atoms with E-state index in [1.54, 1.807) is 7.11 Å². The van der Waals surface area contributed by atoms with Gasteiger partial charge >= 0.3 is 12.0 Å². The van der Waals surface area contributed by atoms with Gasteiger partial charge < -0.3 is 20.5 Å². The number of carbonyl (C=O) groups excluding carboxylic acids is 1. The summed E-state index contributed by atoms with van der Waals surface area (Å²) in [6.45, 7) is 0.388. The number of urea groups is 1. The number of methoxy groups -OCH3 is 1. The molecule has 0 bridgehead atoms. The molecule has 0 spiro atoms. The van der Waals surface area contributed by atoms with Gasteiger partial charge in [-0.15, -0.1) is 0 Å². The summed E-state index contributed by atoms with van der Waals surface area (Å²) in [6, 6.07) is 7.07. The summed E-state index contributed by atoms with van der Waals surface area (Å²) in [7, 11) is 1.60. The van der Waals surface area contributed by atoms with E-state index in [9.17, 15) is 9.59 Å². The molecular weight excluding hydrogens is 272 g/mol. The quantitative estimate of drug-likeness (QED) is 0.747. The molecule has 21 heavy (non-hydrogen) atoms. The summed E-state index contributed by atoms with van der Waals surface area (Å²) >= 11 is 0. The lowest BCUT2D eigenvalue weighted by atomic mass is 9.74. The van der Waals surface area contributed by atoms with E-state index in [0.29, 0.717) is 6.54 Å². The topological polar surface area (TPSA) is 87.7 Å². The number of hydrogen-bond acceptors (Lipinski definition) is 3. The Hall–Kier alpha value is -2.24. The van der Waals surface area contributed by atoms with Crippen molar-refractivity contribution >= 4 is 12.0 Å². The number of amides is 2. The van der Waals surface area contributed by atoms with Crippen LogP contribution < -0.4 is 15.4 Å². The molecule has 1 aliphatic carbocycles. The van der Waals surface area contributed by atoms with Crippen LogP contribution in [-0.4, -0.2) is 29.8 Å². The highest BCUT2D eigenvalue weighted by molar-refractivity contribution is 5.77. The first-order valence-corrected chi connectivity index (χ1v) is 6.94. The largest absolute Gasteiger partial charge is 0.497 e. The summed E-state index contributed by atoms with van der Waals surface area (Å²) in [4.78, 5) is 22.7. The molecule has 0 unspecified atom stereocenters. The molecule has 0 aliphatic heterocycles. The van der Waals surface area contributed by atoms with Crippen molar-refractivity contribution in [1.29, 1.82) is 0 Å². The maximum Gasteiger partial charge on any atom is 0.315 e. The minimum Gasteiger partial charge on any atom is -0.497 e. The van der Waals surface area contributed by atoms with Crippen LogP contribution in [0.2, 0.25) is 0 Å². The second-order valence-electron chi connectivity index (χ2n) is 5.36. The van der Waals surface area contributed by atoms with Gasteiger partial charge in [-0.05, 0) is 37.0 Å². The molecule has 0 saturated heterocycles. The van der Waals surface area contributed by atoms with Gasteiger partial charge in [0.1, 0.15) is 5.75 Å². The number of ether oxygens (including phenoxy) is 1. The zero-order valence-electron chi connectivity index (χ0n) is 12.0. The summed E-state index contributed by atoms with van der Waals surface area (Å²) in [5.74, 6) is -0.122. The van der Waals surface area contributed by atoms with Gasteiger partial charge in [0.15, 0.2) is 0 Å². The molecule has 2 amide bonds. The lowest BCUT2D eigenvalue weighted by Crippen LogP contribution is -2.57. The Morgan fingerprint density at radius 3 is 2.43 bits per heavy atom. The molecule has 0 heterocycles. The van der Waals surface area contributed by atoms with Crippen molar-refractivity contribution < 1.29 is 19.4 Å². The number of nitrogens with one attached hydrogen (secondary N) is 2. The maximum absolute atomic E-state index is 11.9. The van der Waals surface area contributed by atoms with Crippen LogP contribution in [0.25, 0.3) is 0 Å². The zero-order chi connectivity index (χ0) is 15.3. The first kappa shape index (κ1) is 15.2. The van der Waals surface area contributed by atoms with Crippen molar-refractivity contribution in [1.82, 2.24) is 10.6 Å². The van der Waals surface area contributed by atoms with Crippen molar-refractivity contribution in [3.63, 3.8) is 0 Å². The fraction of sp³-hybridized carbons (Fsp3) is 0.467. The Morgan fingerprint density at radius 1 is 1.29 bits per heavy atom. The minimum atomic E-state index is -0.884. The van der Waals surface area contributed by atoms with Crippen LogP contribution >= 0.6 is 0 Å². The molecule has 0 radical (unpaired) electrons. The molecule has 1 saturated carbocycles. The van der Waals surface area contributed by atoms with E-state index in [1.807, 2.05) is 24.3 Å². The van der Waals surface area contributed by atoms with E-state index in [2.05, 4.69) is 10.6 Å². The molecular formula is C15H20N2O4. The van der Waals surface area contributed by atoms with Gasteiger partial charge in [-0.2, -0.15) is 0 Å². The summed E-state index contributed by atoms with van der Waals surface area (Å²) in [5, 5.41) is 14.4. The van der Waals surface area contributed by atoms with Gasteiger partial charge in [0, 0.05) is 6.54 Å². The molecule has 1 aliphatic rings. The second kappa shape index (κ2) is 6.47. The predicted molar refractivity (Wildman–Crippen MR) is 77.2 cm³/mol. The Labute approximate surface area is 123 Å². The molecule has 6 heteroatoms. The molecule has 1 fully saturated rings. The van der Waals surface area contributed by atoms with E-state index in [4.69, 9.17) is 9.84 Å². The molecule has 1 aromatic carbocycles. The monoisotopic (exact) mass is 292 g/mol. The van der Waals surface area contributed by atoms with Crippen LogP contribution in [0.5, 0.6) is 5.75 Å². The van der Waals surface area contributed by atoms with E-state index in [0.717, 1.165) is 30.6 Å². The number of hydrogen-bond donors (Lipinski definition) is 3. The summed E-state index contributed by atoms with van der Waals surface area (Å²) in [5.41, 5.74) is 0.377. The number of carboxylic acid groups (broad SMARTS) is 1. The first-order chi connectivity index (χ1) is 10.0. The standard InChI is InChI=1S/C15H20N2O4/c1-21-12-5-3-11(4-6-12)10-16-14(20)17-15(7-2-8-15)9-13(18)19/h3-6H,2,7-10H2,1H3,(H,18,19)(H2,16,17,20). The van der Waals surface area contributed by atoms with Crippen LogP contribution in [0, 0.1) is 0 Å². The third-order valence-electron chi connectivity index (χ3n) is 3.79. The summed E-state index contributed by atoms with van der Waals surface area (Å²) in [6.07, 6.45) is 2.36. The minimum absolute atomic E-state index is 0.0248. The third kappa shape index (κ3) is 4.11. The number of rotatable bonds is 6. The van der Waals surface area contributed by atoms with Gasteiger partial charge in [0.2, 0.25) is 0 Å². The fourth-order valence-electron chi connectivity index (χ4n) is 2.45. The maximum atomic E-state index is 11.9. The number of benzene rings is 1. The lowest BCUT2D eigenvalue weighted by Gasteiger charge is -2.41. The van der Waals surface area contributed by atoms with Crippen LogP contribution in [0.15, 0.2) is 24.3 Å². The smallest absolute Gasteiger partial charge is 0.315 e. The van der Waals surface area contributed by atoms with Crippen molar-refractivity contribution in [3.8, 4) is 5.75 Å². The van der Waals surface area contributed by atoms with Gasteiger partial charge in [-0.25, -0.2) is 4.79 Å². The van der Waals surface area contributed by atoms with E-state index < -0.39 is 11.5 Å². The highest BCUT2D eigenvalue weighted by Crippen LogP contribution is 2.34. The molecule has 6 nitrogen and oxygen atoms in total. The second-order valence-corrected chi connectivity index (χ2v) is 5.36. The average molecular weight is 292 g/mol. The summed E-state index contributed by atoms with van der Waals surface area (Å²) < 4.78 is 5.06. The van der Waals surface area contributed by atoms with Gasteiger partial charge in [-0.3, -0.25) is 4.79 Å². The Morgan fingerprint density at radius 2 is 1.95 bits per heavy atom. The van der Waals surface area contributed by atoms with Crippen LogP contribution in [0.1, 0.15) is 31.2 Å². The van der Waals surface area contributed by atoms with Crippen molar-refractivity contribution in [2.45, 2.75) is 37.8 Å². The Kier molecular flexibility index (Phi) is 4.67. The number of carboxylic acids is 1. The SMILES string of the molecule is COc1ccc(CNC(=O)NC2(CC(=O)O)CCC2)cc1. The van der Waals surface area contributed by atoms with E-state index in [-0.39, 0.29) is 12.5 Å². The molecule has 0 aromatic heterocycles. The highest BCUT2D eigenvalue weighted by Gasteiger charge is 2.40.